The average Bonchev–Trinajstić information content (AvgIpc) is 2.28. The Morgan fingerprint density at radius 2 is 2.08 bits per heavy atom. The van der Waals surface area contributed by atoms with Gasteiger partial charge in [-0.2, -0.15) is 0 Å². The number of rotatable bonds is 0. The Morgan fingerprint density at radius 1 is 1.33 bits per heavy atom. The second-order valence-corrected chi connectivity index (χ2v) is 3.40. The van der Waals surface area contributed by atoms with Crippen molar-refractivity contribution in [2.75, 3.05) is 13.6 Å². The number of likely N-dealkylation sites (N-methyl/N-ethyl adjacent to an activating group) is 1. The van der Waals surface area contributed by atoms with Gasteiger partial charge in [-0.1, -0.05) is 0 Å². The molecule has 0 spiro atoms. The van der Waals surface area contributed by atoms with Crippen LogP contribution in [0.3, 0.4) is 0 Å². The van der Waals surface area contributed by atoms with Gasteiger partial charge in [-0.25, -0.2) is 4.79 Å². The van der Waals surface area contributed by atoms with Crippen LogP contribution in [-0.2, 0) is 20.1 Å². The summed E-state index contributed by atoms with van der Waals surface area (Å²) in [4.78, 5) is 13.6. The van der Waals surface area contributed by atoms with Crippen LogP contribution in [0.4, 0.5) is 0 Å². The number of hydrogen-bond acceptors (Lipinski definition) is 2. The van der Waals surface area contributed by atoms with E-state index in [1.807, 2.05) is 10.8 Å². The summed E-state index contributed by atoms with van der Waals surface area (Å²) in [7, 11) is 3.87. The summed E-state index contributed by atoms with van der Waals surface area (Å²) < 4.78 is 3.49. The highest BCUT2D eigenvalue weighted by molar-refractivity contribution is 5.02. The maximum Gasteiger partial charge on any atom is 0.328 e. The molecule has 2 rings (SSSR count). The fourth-order valence-electron chi connectivity index (χ4n) is 1.65. The SMILES string of the molecule is CN1CCn2c(cn(C)c2=O)C1. The quantitative estimate of drug-likeness (QED) is 0.528. The van der Waals surface area contributed by atoms with E-state index in [1.54, 1.807) is 11.6 Å². The Bertz CT molecular complexity index is 350. The van der Waals surface area contributed by atoms with E-state index < -0.39 is 0 Å². The van der Waals surface area contributed by atoms with Crippen LogP contribution < -0.4 is 5.69 Å². The third-order valence-corrected chi connectivity index (χ3v) is 2.36. The first-order valence-electron chi connectivity index (χ1n) is 4.12. The van der Waals surface area contributed by atoms with Crippen molar-refractivity contribution in [3.63, 3.8) is 0 Å². The molecule has 2 heterocycles. The van der Waals surface area contributed by atoms with Crippen molar-refractivity contribution in [3.05, 3.63) is 22.4 Å². The van der Waals surface area contributed by atoms with E-state index >= 15 is 0 Å². The molecule has 1 aliphatic heterocycles. The Balaban J connectivity index is 2.50. The first kappa shape index (κ1) is 7.61. The third kappa shape index (κ3) is 0.992. The van der Waals surface area contributed by atoms with Crippen LogP contribution in [0.5, 0.6) is 0 Å². The monoisotopic (exact) mass is 167 g/mol. The van der Waals surface area contributed by atoms with Gasteiger partial charge in [-0.3, -0.25) is 9.47 Å². The molecule has 0 N–H and O–H groups in total. The van der Waals surface area contributed by atoms with E-state index in [4.69, 9.17) is 0 Å². The predicted molar refractivity (Wildman–Crippen MR) is 46.0 cm³/mol. The minimum atomic E-state index is 0.109. The van der Waals surface area contributed by atoms with E-state index in [9.17, 15) is 4.79 Å². The Morgan fingerprint density at radius 3 is 2.83 bits per heavy atom. The van der Waals surface area contributed by atoms with Crippen LogP contribution >= 0.6 is 0 Å². The van der Waals surface area contributed by atoms with Gasteiger partial charge in [0.25, 0.3) is 0 Å². The number of nitrogens with zero attached hydrogens (tertiary/aromatic N) is 3. The minimum Gasteiger partial charge on any atom is -0.302 e. The van der Waals surface area contributed by atoms with Gasteiger partial charge in [-0.05, 0) is 7.05 Å². The second-order valence-electron chi connectivity index (χ2n) is 3.40. The van der Waals surface area contributed by atoms with Gasteiger partial charge in [0.2, 0.25) is 0 Å². The summed E-state index contributed by atoms with van der Waals surface area (Å²) >= 11 is 0. The molecule has 0 bridgehead atoms. The summed E-state index contributed by atoms with van der Waals surface area (Å²) in [5.41, 5.74) is 1.23. The lowest BCUT2D eigenvalue weighted by Crippen LogP contribution is -2.35. The van der Waals surface area contributed by atoms with Crippen molar-refractivity contribution in [1.29, 1.82) is 0 Å². The van der Waals surface area contributed by atoms with Gasteiger partial charge in [0, 0.05) is 32.9 Å². The van der Waals surface area contributed by atoms with E-state index in [-0.39, 0.29) is 5.69 Å². The fraction of sp³-hybridized carbons (Fsp3) is 0.625. The van der Waals surface area contributed by atoms with Crippen molar-refractivity contribution in [2.24, 2.45) is 7.05 Å². The molecule has 0 saturated carbocycles. The second kappa shape index (κ2) is 2.48. The van der Waals surface area contributed by atoms with Crippen molar-refractivity contribution in [1.82, 2.24) is 14.0 Å². The molecule has 1 aliphatic rings. The lowest BCUT2D eigenvalue weighted by atomic mass is 10.3. The zero-order valence-electron chi connectivity index (χ0n) is 7.45. The number of aromatic nitrogens is 2. The van der Waals surface area contributed by atoms with Crippen LogP contribution in [0.25, 0.3) is 0 Å². The molecule has 0 aliphatic carbocycles. The smallest absolute Gasteiger partial charge is 0.302 e. The van der Waals surface area contributed by atoms with Gasteiger partial charge in [0.1, 0.15) is 0 Å². The van der Waals surface area contributed by atoms with Gasteiger partial charge in [0.05, 0.1) is 5.69 Å². The molecule has 12 heavy (non-hydrogen) atoms. The summed E-state index contributed by atoms with van der Waals surface area (Å²) in [5, 5.41) is 0. The van der Waals surface area contributed by atoms with E-state index in [1.165, 1.54) is 0 Å². The van der Waals surface area contributed by atoms with Crippen molar-refractivity contribution in [2.45, 2.75) is 13.1 Å². The van der Waals surface area contributed by atoms with Gasteiger partial charge in [-0.15, -0.1) is 0 Å². The number of fused-ring (bicyclic) bond motifs is 1. The molecule has 4 heteroatoms. The largest absolute Gasteiger partial charge is 0.328 e. The Kier molecular flexibility index (Phi) is 1.58. The lowest BCUT2D eigenvalue weighted by Gasteiger charge is -2.22. The van der Waals surface area contributed by atoms with Crippen LogP contribution in [0.15, 0.2) is 11.0 Å². The van der Waals surface area contributed by atoms with E-state index in [0.29, 0.717) is 0 Å². The van der Waals surface area contributed by atoms with Crippen LogP contribution in [0.2, 0.25) is 0 Å². The molecule has 0 aromatic carbocycles. The van der Waals surface area contributed by atoms with Crippen molar-refractivity contribution >= 4 is 0 Å². The topological polar surface area (TPSA) is 30.2 Å². The molecule has 66 valence electrons. The molecule has 0 atom stereocenters. The van der Waals surface area contributed by atoms with Crippen LogP contribution in [0, 0.1) is 0 Å². The molecule has 0 radical (unpaired) electrons. The molecule has 4 nitrogen and oxygen atoms in total. The molecule has 0 saturated heterocycles. The maximum atomic E-state index is 11.4. The molecule has 1 aromatic heterocycles. The lowest BCUT2D eigenvalue weighted by molar-refractivity contribution is 0.267. The summed E-state index contributed by atoms with van der Waals surface area (Å²) in [5.74, 6) is 0. The zero-order chi connectivity index (χ0) is 8.72. The van der Waals surface area contributed by atoms with Crippen LogP contribution in [0.1, 0.15) is 5.69 Å². The van der Waals surface area contributed by atoms with Crippen LogP contribution in [-0.4, -0.2) is 27.6 Å². The summed E-state index contributed by atoms with van der Waals surface area (Å²) in [6, 6.07) is 0. The zero-order valence-corrected chi connectivity index (χ0v) is 7.45. The maximum absolute atomic E-state index is 11.4. The molecule has 1 aromatic rings. The van der Waals surface area contributed by atoms with Gasteiger partial charge < -0.3 is 4.57 Å². The number of imidazole rings is 1. The average molecular weight is 167 g/mol. The minimum absolute atomic E-state index is 0.109. The van der Waals surface area contributed by atoms with Crippen molar-refractivity contribution < 1.29 is 0 Å². The predicted octanol–water partition coefficient (Wildman–Crippen LogP) is -0.368. The Hall–Kier alpha value is -1.03. The highest BCUT2D eigenvalue weighted by Gasteiger charge is 2.15. The molecule has 0 unspecified atom stereocenters. The summed E-state index contributed by atoms with van der Waals surface area (Å²) in [6.07, 6.45) is 1.91. The fourth-order valence-corrected chi connectivity index (χ4v) is 1.65. The molecule has 0 amide bonds. The number of aryl methyl sites for hydroxylation is 1. The molecular weight excluding hydrogens is 154 g/mol. The highest BCUT2D eigenvalue weighted by Crippen LogP contribution is 2.06. The van der Waals surface area contributed by atoms with Crippen molar-refractivity contribution in [3.8, 4) is 0 Å². The third-order valence-electron chi connectivity index (χ3n) is 2.36. The van der Waals surface area contributed by atoms with E-state index in [0.717, 1.165) is 25.3 Å². The highest BCUT2D eigenvalue weighted by atomic mass is 16.1. The van der Waals surface area contributed by atoms with E-state index in [2.05, 4.69) is 11.9 Å². The molecule has 0 fully saturated rings. The first-order valence-corrected chi connectivity index (χ1v) is 4.12. The Labute approximate surface area is 71.0 Å². The summed E-state index contributed by atoms with van der Waals surface area (Å²) in [6.45, 7) is 2.68. The molecular formula is C8H13N3O. The standard InChI is InChI=1S/C8H13N3O/c1-9-3-4-11-7(5-9)6-10(2)8(11)12/h6H,3-5H2,1-2H3. The number of hydrogen-bond donors (Lipinski definition) is 0. The normalized spacial score (nSPS) is 17.8. The van der Waals surface area contributed by atoms with Gasteiger partial charge in [0.15, 0.2) is 0 Å². The van der Waals surface area contributed by atoms with Gasteiger partial charge >= 0.3 is 5.69 Å². The first-order chi connectivity index (χ1) is 5.68.